The van der Waals surface area contributed by atoms with Crippen molar-refractivity contribution in [1.82, 2.24) is 14.8 Å². The van der Waals surface area contributed by atoms with Crippen LogP contribution in [0.2, 0.25) is 0 Å². The Labute approximate surface area is 130 Å². The first-order valence-corrected chi connectivity index (χ1v) is 8.19. The van der Waals surface area contributed by atoms with Gasteiger partial charge in [0, 0.05) is 16.6 Å². The number of aromatic nitrogens is 3. The minimum atomic E-state index is 0.556. The number of hydrogen-bond donors (Lipinski definition) is 0. The summed E-state index contributed by atoms with van der Waals surface area (Å²) in [6.07, 6.45) is 0. The quantitative estimate of drug-likeness (QED) is 0.720. The zero-order chi connectivity index (χ0) is 14.0. The molecule has 0 atom stereocenters. The predicted molar refractivity (Wildman–Crippen MR) is 85.4 cm³/mol. The van der Waals surface area contributed by atoms with E-state index in [1.54, 1.807) is 0 Å². The number of alkyl halides is 1. The summed E-state index contributed by atoms with van der Waals surface area (Å²) < 4.78 is 3.27. The van der Waals surface area contributed by atoms with E-state index < -0.39 is 0 Å². The van der Waals surface area contributed by atoms with Crippen molar-refractivity contribution in [2.45, 2.75) is 32.6 Å². The molecule has 0 saturated heterocycles. The molecule has 0 saturated carbocycles. The highest BCUT2D eigenvalue weighted by Crippen LogP contribution is 2.27. The Morgan fingerprint density at radius 1 is 1.26 bits per heavy atom. The Hall–Kier alpha value is -0.680. The van der Waals surface area contributed by atoms with E-state index in [9.17, 15) is 0 Å². The zero-order valence-electron chi connectivity index (χ0n) is 11.3. The minimum absolute atomic E-state index is 0.556. The summed E-state index contributed by atoms with van der Waals surface area (Å²) in [5, 5.41) is 9.38. The molecule has 1 aromatic carbocycles. The van der Waals surface area contributed by atoms with E-state index in [1.165, 1.54) is 5.56 Å². The normalized spacial score (nSPS) is 11.3. The summed E-state index contributed by atoms with van der Waals surface area (Å²) in [5.74, 6) is 2.48. The van der Waals surface area contributed by atoms with Gasteiger partial charge in [0.1, 0.15) is 5.82 Å². The van der Waals surface area contributed by atoms with Gasteiger partial charge in [-0.25, -0.2) is 0 Å². The van der Waals surface area contributed by atoms with Crippen molar-refractivity contribution in [2.75, 3.05) is 0 Å². The number of benzene rings is 1. The van der Waals surface area contributed by atoms with Gasteiger partial charge >= 0.3 is 0 Å². The maximum absolute atomic E-state index is 4.37. The fraction of sp³-hybridized carbons (Fsp3) is 0.429. The fourth-order valence-electron chi connectivity index (χ4n) is 2.03. The van der Waals surface area contributed by atoms with Gasteiger partial charge in [0.25, 0.3) is 0 Å². The summed E-state index contributed by atoms with van der Waals surface area (Å²) in [6.45, 7) is 7.43. The highest BCUT2D eigenvalue weighted by Gasteiger charge is 2.15. The summed E-state index contributed by atoms with van der Waals surface area (Å²) in [6, 6.07) is 6.25. The van der Waals surface area contributed by atoms with Crippen LogP contribution in [-0.2, 0) is 11.9 Å². The summed E-state index contributed by atoms with van der Waals surface area (Å²) >= 11 is 7.01. The van der Waals surface area contributed by atoms with Crippen LogP contribution in [-0.4, -0.2) is 14.8 Å². The average Bonchev–Trinajstić information content (AvgIpc) is 2.74. The molecule has 0 N–H and O–H groups in total. The lowest BCUT2D eigenvalue weighted by Crippen LogP contribution is -2.09. The van der Waals surface area contributed by atoms with Crippen molar-refractivity contribution in [1.29, 1.82) is 0 Å². The maximum Gasteiger partial charge on any atom is 0.164 e. The van der Waals surface area contributed by atoms with Crippen molar-refractivity contribution >= 4 is 31.9 Å². The van der Waals surface area contributed by atoms with Crippen LogP contribution in [0.15, 0.2) is 22.7 Å². The lowest BCUT2D eigenvalue weighted by atomic mass is 10.1. The van der Waals surface area contributed by atoms with Crippen LogP contribution in [0.1, 0.15) is 25.2 Å². The van der Waals surface area contributed by atoms with E-state index in [-0.39, 0.29) is 0 Å². The van der Waals surface area contributed by atoms with E-state index in [0.717, 1.165) is 33.6 Å². The molecule has 2 rings (SSSR count). The standard InChI is InChI=1S/C14H17Br2N3/c1-9(2)8-19-13(7-15)17-18-14(19)12-6-11(16)5-4-10(12)3/h4-6,9H,7-8H2,1-3H3. The number of halogens is 2. The first-order chi connectivity index (χ1) is 9.02. The zero-order valence-corrected chi connectivity index (χ0v) is 14.5. The van der Waals surface area contributed by atoms with E-state index in [2.05, 4.69) is 79.5 Å². The van der Waals surface area contributed by atoms with Gasteiger partial charge in [-0.2, -0.15) is 0 Å². The van der Waals surface area contributed by atoms with E-state index in [0.29, 0.717) is 5.92 Å². The molecule has 1 heterocycles. The molecular weight excluding hydrogens is 370 g/mol. The molecule has 2 aromatic rings. The molecule has 0 aliphatic carbocycles. The van der Waals surface area contributed by atoms with Crippen LogP contribution in [0.25, 0.3) is 11.4 Å². The SMILES string of the molecule is Cc1ccc(Br)cc1-c1nnc(CBr)n1CC(C)C. The van der Waals surface area contributed by atoms with Crippen LogP contribution in [0.5, 0.6) is 0 Å². The molecule has 0 spiro atoms. The van der Waals surface area contributed by atoms with Crippen LogP contribution < -0.4 is 0 Å². The van der Waals surface area contributed by atoms with Crippen molar-refractivity contribution in [2.24, 2.45) is 5.92 Å². The second kappa shape index (κ2) is 6.18. The van der Waals surface area contributed by atoms with Gasteiger partial charge in [-0.1, -0.05) is 51.8 Å². The monoisotopic (exact) mass is 385 g/mol. The van der Waals surface area contributed by atoms with Gasteiger partial charge in [-0.15, -0.1) is 10.2 Å². The maximum atomic E-state index is 4.37. The third kappa shape index (κ3) is 3.26. The van der Waals surface area contributed by atoms with Crippen molar-refractivity contribution in [3.05, 3.63) is 34.1 Å². The molecular formula is C14H17Br2N3. The van der Waals surface area contributed by atoms with E-state index in [4.69, 9.17) is 0 Å². The number of rotatable bonds is 4. The van der Waals surface area contributed by atoms with Crippen molar-refractivity contribution in [3.63, 3.8) is 0 Å². The third-order valence-corrected chi connectivity index (χ3v) is 3.93. The highest BCUT2D eigenvalue weighted by atomic mass is 79.9. The molecule has 0 aliphatic rings. The molecule has 0 amide bonds. The van der Waals surface area contributed by atoms with Gasteiger partial charge in [0.2, 0.25) is 0 Å². The summed E-state index contributed by atoms with van der Waals surface area (Å²) in [4.78, 5) is 0. The average molecular weight is 387 g/mol. The Balaban J connectivity index is 2.55. The summed E-state index contributed by atoms with van der Waals surface area (Å²) in [5.41, 5.74) is 2.34. The molecule has 0 bridgehead atoms. The molecule has 102 valence electrons. The Kier molecular flexibility index (Phi) is 4.79. The largest absolute Gasteiger partial charge is 0.310 e. The lowest BCUT2D eigenvalue weighted by Gasteiger charge is -2.13. The van der Waals surface area contributed by atoms with Crippen molar-refractivity contribution < 1.29 is 0 Å². The Bertz CT molecular complexity index is 576. The second-order valence-corrected chi connectivity index (χ2v) is 6.51. The number of nitrogens with zero attached hydrogens (tertiary/aromatic N) is 3. The van der Waals surface area contributed by atoms with Gasteiger partial charge in [0.15, 0.2) is 5.82 Å². The molecule has 0 aliphatic heterocycles. The van der Waals surface area contributed by atoms with Gasteiger partial charge < -0.3 is 4.57 Å². The Morgan fingerprint density at radius 2 is 2.00 bits per heavy atom. The van der Waals surface area contributed by atoms with Crippen LogP contribution in [0, 0.1) is 12.8 Å². The second-order valence-electron chi connectivity index (χ2n) is 5.04. The molecule has 1 aromatic heterocycles. The number of aryl methyl sites for hydroxylation is 1. The first kappa shape index (κ1) is 14.7. The van der Waals surface area contributed by atoms with Crippen LogP contribution in [0.4, 0.5) is 0 Å². The first-order valence-electron chi connectivity index (χ1n) is 6.27. The number of hydrogen-bond acceptors (Lipinski definition) is 2. The molecule has 0 fully saturated rings. The predicted octanol–water partition coefficient (Wildman–Crippen LogP) is 4.57. The molecule has 3 nitrogen and oxygen atoms in total. The molecule has 19 heavy (non-hydrogen) atoms. The highest BCUT2D eigenvalue weighted by molar-refractivity contribution is 9.10. The lowest BCUT2D eigenvalue weighted by molar-refractivity contribution is 0.516. The van der Waals surface area contributed by atoms with Gasteiger partial charge in [-0.3, -0.25) is 0 Å². The fourth-order valence-corrected chi connectivity index (χ4v) is 2.80. The smallest absolute Gasteiger partial charge is 0.164 e. The minimum Gasteiger partial charge on any atom is -0.310 e. The van der Waals surface area contributed by atoms with Gasteiger partial charge in [-0.05, 0) is 30.5 Å². The van der Waals surface area contributed by atoms with E-state index >= 15 is 0 Å². The summed E-state index contributed by atoms with van der Waals surface area (Å²) in [7, 11) is 0. The molecule has 5 heteroatoms. The van der Waals surface area contributed by atoms with Crippen LogP contribution in [0.3, 0.4) is 0 Å². The van der Waals surface area contributed by atoms with Gasteiger partial charge in [0.05, 0.1) is 5.33 Å². The Morgan fingerprint density at radius 3 is 2.63 bits per heavy atom. The molecule has 0 unspecified atom stereocenters. The third-order valence-electron chi connectivity index (χ3n) is 2.94. The van der Waals surface area contributed by atoms with Crippen LogP contribution >= 0.6 is 31.9 Å². The van der Waals surface area contributed by atoms with Crippen molar-refractivity contribution in [3.8, 4) is 11.4 Å². The van der Waals surface area contributed by atoms with E-state index in [1.807, 2.05) is 6.07 Å². The topological polar surface area (TPSA) is 30.7 Å². The molecule has 0 radical (unpaired) electrons.